The number of nitrogens with one attached hydrogen (secondary N) is 1. The Bertz CT molecular complexity index is 312. The number of hydrogen-bond donors (Lipinski definition) is 1. The zero-order valence-corrected chi connectivity index (χ0v) is 13.6. The van der Waals surface area contributed by atoms with Gasteiger partial charge in [0.2, 0.25) is 0 Å². The maximum atomic E-state index is 4.87. The van der Waals surface area contributed by atoms with Gasteiger partial charge in [-0.05, 0) is 45.1 Å². The van der Waals surface area contributed by atoms with Gasteiger partial charge in [0.25, 0.3) is 0 Å². The SMILES string of the molecule is CCCCN(C)C(=NCC1CCN(C2CC2)C1)NCC. The van der Waals surface area contributed by atoms with Crippen molar-refractivity contribution in [2.75, 3.05) is 39.8 Å². The minimum absolute atomic E-state index is 0.767. The highest BCUT2D eigenvalue weighted by atomic mass is 15.3. The quantitative estimate of drug-likeness (QED) is 0.573. The van der Waals surface area contributed by atoms with Crippen LogP contribution in [-0.2, 0) is 0 Å². The Morgan fingerprint density at radius 2 is 2.10 bits per heavy atom. The Balaban J connectivity index is 1.78. The van der Waals surface area contributed by atoms with Gasteiger partial charge < -0.3 is 15.1 Å². The molecule has 0 radical (unpaired) electrons. The Hall–Kier alpha value is -0.770. The second-order valence-corrected chi connectivity index (χ2v) is 6.35. The molecule has 0 amide bonds. The average molecular weight is 280 g/mol. The van der Waals surface area contributed by atoms with Gasteiger partial charge in [0.1, 0.15) is 0 Å². The summed E-state index contributed by atoms with van der Waals surface area (Å²) in [4.78, 5) is 9.82. The van der Waals surface area contributed by atoms with Crippen molar-refractivity contribution in [2.24, 2.45) is 10.9 Å². The lowest BCUT2D eigenvalue weighted by atomic mass is 10.1. The van der Waals surface area contributed by atoms with Crippen molar-refractivity contribution in [3.8, 4) is 0 Å². The van der Waals surface area contributed by atoms with Crippen molar-refractivity contribution in [3.63, 3.8) is 0 Å². The molecular weight excluding hydrogens is 248 g/mol. The van der Waals surface area contributed by atoms with Crippen LogP contribution in [0.5, 0.6) is 0 Å². The van der Waals surface area contributed by atoms with Crippen LogP contribution in [0.1, 0.15) is 46.0 Å². The normalized spacial score (nSPS) is 24.1. The van der Waals surface area contributed by atoms with Crippen LogP contribution in [0.3, 0.4) is 0 Å². The number of guanidine groups is 1. The van der Waals surface area contributed by atoms with Gasteiger partial charge in [0.15, 0.2) is 5.96 Å². The van der Waals surface area contributed by atoms with E-state index < -0.39 is 0 Å². The van der Waals surface area contributed by atoms with E-state index in [4.69, 9.17) is 4.99 Å². The molecule has 4 heteroatoms. The lowest BCUT2D eigenvalue weighted by Gasteiger charge is -2.22. The molecule has 0 aromatic heterocycles. The van der Waals surface area contributed by atoms with E-state index in [2.05, 4.69) is 36.0 Å². The van der Waals surface area contributed by atoms with Crippen LogP contribution in [0.4, 0.5) is 0 Å². The molecule has 20 heavy (non-hydrogen) atoms. The first-order valence-corrected chi connectivity index (χ1v) is 8.48. The Labute approximate surface area is 124 Å². The van der Waals surface area contributed by atoms with E-state index >= 15 is 0 Å². The summed E-state index contributed by atoms with van der Waals surface area (Å²) in [6, 6.07) is 0.921. The molecule has 4 nitrogen and oxygen atoms in total. The number of rotatable bonds is 7. The van der Waals surface area contributed by atoms with Gasteiger partial charge in [-0.3, -0.25) is 4.99 Å². The third-order valence-corrected chi connectivity index (χ3v) is 4.42. The molecule has 2 rings (SSSR count). The van der Waals surface area contributed by atoms with E-state index in [1.165, 1.54) is 45.2 Å². The fourth-order valence-electron chi connectivity index (χ4n) is 2.97. The van der Waals surface area contributed by atoms with Crippen molar-refractivity contribution >= 4 is 5.96 Å². The van der Waals surface area contributed by atoms with Crippen LogP contribution in [0.2, 0.25) is 0 Å². The van der Waals surface area contributed by atoms with Gasteiger partial charge in [0, 0.05) is 39.3 Å². The van der Waals surface area contributed by atoms with Crippen molar-refractivity contribution < 1.29 is 0 Å². The Morgan fingerprint density at radius 3 is 2.75 bits per heavy atom. The predicted molar refractivity (Wildman–Crippen MR) is 86.2 cm³/mol. The molecule has 1 saturated heterocycles. The summed E-state index contributed by atoms with van der Waals surface area (Å²) in [6.45, 7) is 9.99. The molecule has 1 saturated carbocycles. The standard InChI is InChI=1S/C16H32N4/c1-4-6-10-19(3)16(17-5-2)18-12-14-9-11-20(13-14)15-7-8-15/h14-15H,4-13H2,1-3H3,(H,17,18). The molecule has 1 aliphatic heterocycles. The lowest BCUT2D eigenvalue weighted by molar-refractivity contribution is 0.315. The molecule has 0 bridgehead atoms. The van der Waals surface area contributed by atoms with E-state index in [9.17, 15) is 0 Å². The molecule has 116 valence electrons. The summed E-state index contributed by atoms with van der Waals surface area (Å²) >= 11 is 0. The van der Waals surface area contributed by atoms with E-state index in [1.54, 1.807) is 0 Å². The molecule has 0 aromatic rings. The van der Waals surface area contributed by atoms with Gasteiger partial charge in [-0.1, -0.05) is 13.3 Å². The molecule has 0 aromatic carbocycles. The zero-order valence-electron chi connectivity index (χ0n) is 13.6. The molecule has 1 N–H and O–H groups in total. The summed E-state index contributed by atoms with van der Waals surface area (Å²) in [5, 5.41) is 3.42. The topological polar surface area (TPSA) is 30.9 Å². The van der Waals surface area contributed by atoms with Crippen molar-refractivity contribution in [1.82, 2.24) is 15.1 Å². The third kappa shape index (κ3) is 4.65. The summed E-state index contributed by atoms with van der Waals surface area (Å²) in [5.41, 5.74) is 0. The van der Waals surface area contributed by atoms with E-state index in [0.717, 1.165) is 37.6 Å². The molecule has 2 fully saturated rings. The van der Waals surface area contributed by atoms with E-state index in [0.29, 0.717) is 0 Å². The maximum absolute atomic E-state index is 4.87. The number of unbranched alkanes of at least 4 members (excludes halogenated alkanes) is 1. The Morgan fingerprint density at radius 1 is 1.30 bits per heavy atom. The smallest absolute Gasteiger partial charge is 0.193 e. The maximum Gasteiger partial charge on any atom is 0.193 e. The number of nitrogens with zero attached hydrogens (tertiary/aromatic N) is 3. The van der Waals surface area contributed by atoms with Crippen molar-refractivity contribution in [3.05, 3.63) is 0 Å². The number of likely N-dealkylation sites (tertiary alicyclic amines) is 1. The third-order valence-electron chi connectivity index (χ3n) is 4.42. The van der Waals surface area contributed by atoms with E-state index in [-0.39, 0.29) is 0 Å². The Kier molecular flexibility index (Phi) is 6.14. The summed E-state index contributed by atoms with van der Waals surface area (Å²) in [6.07, 6.45) is 6.66. The van der Waals surface area contributed by atoms with Gasteiger partial charge in [-0.2, -0.15) is 0 Å². The summed E-state index contributed by atoms with van der Waals surface area (Å²) < 4.78 is 0. The predicted octanol–water partition coefficient (Wildman–Crippen LogP) is 2.17. The van der Waals surface area contributed by atoms with Crippen molar-refractivity contribution in [1.29, 1.82) is 0 Å². The van der Waals surface area contributed by atoms with Crippen LogP contribution in [0.25, 0.3) is 0 Å². The number of aliphatic imine (C=N–C) groups is 1. The molecule has 1 unspecified atom stereocenters. The van der Waals surface area contributed by atoms with Gasteiger partial charge in [-0.25, -0.2) is 0 Å². The van der Waals surface area contributed by atoms with Crippen LogP contribution in [-0.4, -0.2) is 61.6 Å². The summed E-state index contributed by atoms with van der Waals surface area (Å²) in [7, 11) is 2.16. The monoisotopic (exact) mass is 280 g/mol. The fraction of sp³-hybridized carbons (Fsp3) is 0.938. The van der Waals surface area contributed by atoms with E-state index in [1.807, 2.05) is 0 Å². The van der Waals surface area contributed by atoms with Crippen LogP contribution in [0, 0.1) is 5.92 Å². The minimum atomic E-state index is 0.767. The summed E-state index contributed by atoms with van der Waals surface area (Å²) in [5.74, 6) is 1.86. The largest absolute Gasteiger partial charge is 0.357 e. The highest BCUT2D eigenvalue weighted by Crippen LogP contribution is 2.31. The average Bonchev–Trinajstić information content (AvgIpc) is 3.20. The molecular formula is C16H32N4. The van der Waals surface area contributed by atoms with Crippen LogP contribution in [0.15, 0.2) is 4.99 Å². The first kappa shape index (κ1) is 15.6. The lowest BCUT2D eigenvalue weighted by Crippen LogP contribution is -2.39. The van der Waals surface area contributed by atoms with Crippen molar-refractivity contribution in [2.45, 2.75) is 52.0 Å². The number of hydrogen-bond acceptors (Lipinski definition) is 2. The zero-order chi connectivity index (χ0) is 14.4. The molecule has 1 heterocycles. The fourth-order valence-corrected chi connectivity index (χ4v) is 2.97. The van der Waals surface area contributed by atoms with Crippen LogP contribution >= 0.6 is 0 Å². The molecule has 1 atom stereocenters. The van der Waals surface area contributed by atoms with Gasteiger partial charge in [-0.15, -0.1) is 0 Å². The van der Waals surface area contributed by atoms with Crippen LogP contribution < -0.4 is 5.32 Å². The second-order valence-electron chi connectivity index (χ2n) is 6.35. The van der Waals surface area contributed by atoms with Gasteiger partial charge in [0.05, 0.1) is 0 Å². The first-order valence-electron chi connectivity index (χ1n) is 8.48. The molecule has 0 spiro atoms. The highest BCUT2D eigenvalue weighted by Gasteiger charge is 2.34. The molecule has 1 aliphatic carbocycles. The van der Waals surface area contributed by atoms with Gasteiger partial charge >= 0.3 is 0 Å². The first-order chi connectivity index (χ1) is 9.74. The second kappa shape index (κ2) is 7.87. The minimum Gasteiger partial charge on any atom is -0.357 e. The highest BCUT2D eigenvalue weighted by molar-refractivity contribution is 5.79. The molecule has 2 aliphatic rings.